The van der Waals surface area contributed by atoms with Crippen LogP contribution in [0.2, 0.25) is 5.02 Å². The normalized spacial score (nSPS) is 16.9. The number of carboxylic acid groups (broad SMARTS) is 1. The van der Waals surface area contributed by atoms with E-state index in [0.717, 1.165) is 17.3 Å². The minimum Gasteiger partial charge on any atom is -0.478 e. The molecule has 1 aliphatic heterocycles. The molecule has 2 amide bonds. The van der Waals surface area contributed by atoms with Crippen LogP contribution in [-0.2, 0) is 16.1 Å². The summed E-state index contributed by atoms with van der Waals surface area (Å²) in [4.78, 5) is 43.1. The van der Waals surface area contributed by atoms with Gasteiger partial charge in [-0.25, -0.2) is 14.2 Å². The number of carboxylic acids is 1. The van der Waals surface area contributed by atoms with Crippen LogP contribution in [0.3, 0.4) is 0 Å². The summed E-state index contributed by atoms with van der Waals surface area (Å²) in [5, 5.41) is 11.9. The Labute approximate surface area is 209 Å². The van der Waals surface area contributed by atoms with E-state index in [9.17, 15) is 18.8 Å². The molecule has 3 aromatic rings. The number of hydrogen-bond donors (Lipinski definition) is 2. The van der Waals surface area contributed by atoms with E-state index in [4.69, 9.17) is 16.7 Å². The van der Waals surface area contributed by atoms with Crippen molar-refractivity contribution in [2.75, 3.05) is 5.32 Å². The Morgan fingerprint density at radius 1 is 1.06 bits per heavy atom. The van der Waals surface area contributed by atoms with E-state index in [1.165, 1.54) is 53.4 Å². The molecule has 0 unspecified atom stereocenters. The van der Waals surface area contributed by atoms with Gasteiger partial charge in [-0.2, -0.15) is 0 Å². The fraction of sp³-hybridized carbons (Fsp3) is 0.120. The number of aromatic carboxylic acids is 1. The molecular formula is C25H19ClFN3O4S. The van der Waals surface area contributed by atoms with Crippen LogP contribution in [0, 0.1) is 5.82 Å². The smallest absolute Gasteiger partial charge is 0.335 e. The third kappa shape index (κ3) is 6.26. The first-order chi connectivity index (χ1) is 16.8. The highest BCUT2D eigenvalue weighted by Crippen LogP contribution is 2.31. The number of benzene rings is 3. The van der Waals surface area contributed by atoms with Crippen LogP contribution in [0.15, 0.2) is 77.8 Å². The number of aliphatic imine (C=N–C) groups is 1. The number of anilines is 1. The van der Waals surface area contributed by atoms with E-state index < -0.39 is 22.9 Å². The number of amides is 2. The quantitative estimate of drug-likeness (QED) is 0.465. The van der Waals surface area contributed by atoms with Crippen LogP contribution in [-0.4, -0.2) is 38.2 Å². The molecule has 0 saturated carbocycles. The fourth-order valence-electron chi connectivity index (χ4n) is 3.31. The van der Waals surface area contributed by atoms with Gasteiger partial charge in [-0.1, -0.05) is 35.5 Å². The predicted molar refractivity (Wildman–Crippen MR) is 134 cm³/mol. The molecule has 7 nitrogen and oxygen atoms in total. The summed E-state index contributed by atoms with van der Waals surface area (Å²) in [5.74, 6) is -2.19. The molecule has 178 valence electrons. The van der Waals surface area contributed by atoms with Gasteiger partial charge in [-0.15, -0.1) is 0 Å². The Hall–Kier alpha value is -3.69. The molecule has 1 heterocycles. The second kappa shape index (κ2) is 10.7. The highest BCUT2D eigenvalue weighted by Gasteiger charge is 2.36. The van der Waals surface area contributed by atoms with E-state index in [1.54, 1.807) is 24.3 Å². The van der Waals surface area contributed by atoms with Crippen molar-refractivity contribution in [3.8, 4) is 0 Å². The maximum atomic E-state index is 13.4. The lowest BCUT2D eigenvalue weighted by Gasteiger charge is -2.32. The molecule has 0 radical (unpaired) electrons. The third-order valence-electron chi connectivity index (χ3n) is 5.14. The molecule has 10 heteroatoms. The highest BCUT2D eigenvalue weighted by atomic mass is 35.5. The number of carbonyl (C=O) groups is 3. The van der Waals surface area contributed by atoms with Crippen molar-refractivity contribution in [2.24, 2.45) is 4.99 Å². The topological polar surface area (TPSA) is 99.1 Å². The molecule has 0 aliphatic carbocycles. The Morgan fingerprint density at radius 2 is 1.71 bits per heavy atom. The molecule has 1 fully saturated rings. The van der Waals surface area contributed by atoms with Gasteiger partial charge in [-0.05, 0) is 66.2 Å². The minimum atomic E-state index is -1.07. The first-order valence-corrected chi connectivity index (χ1v) is 11.7. The van der Waals surface area contributed by atoms with Crippen molar-refractivity contribution in [1.29, 1.82) is 0 Å². The molecule has 4 rings (SSSR count). The van der Waals surface area contributed by atoms with Crippen LogP contribution in [0.25, 0.3) is 0 Å². The Bertz CT molecular complexity index is 1280. The standard InChI is InChI=1S/C25H19ClFN3O4S/c26-17-5-1-15(2-6-17)14-30-22(31)13-21(35-25(30)29-20-11-7-18(27)8-12-20)23(32)28-19-9-3-16(4-10-19)24(33)34/h1-12,21H,13-14H2,(H,28,32)(H,33,34)/t21-/m1/s1. The summed E-state index contributed by atoms with van der Waals surface area (Å²) >= 11 is 7.09. The average Bonchev–Trinajstić information content (AvgIpc) is 2.84. The number of nitrogens with one attached hydrogen (secondary N) is 1. The molecule has 3 aromatic carbocycles. The van der Waals surface area contributed by atoms with E-state index in [-0.39, 0.29) is 24.4 Å². The number of hydrogen-bond acceptors (Lipinski definition) is 5. The van der Waals surface area contributed by atoms with Gasteiger partial charge in [0.15, 0.2) is 5.17 Å². The molecule has 1 atom stereocenters. The van der Waals surface area contributed by atoms with Gasteiger partial charge in [-0.3, -0.25) is 14.5 Å². The number of halogens is 2. The van der Waals surface area contributed by atoms with Crippen molar-refractivity contribution in [3.05, 3.63) is 94.8 Å². The number of amidine groups is 1. The minimum absolute atomic E-state index is 0.0558. The van der Waals surface area contributed by atoms with Crippen molar-refractivity contribution >= 4 is 57.7 Å². The number of carbonyl (C=O) groups excluding carboxylic acids is 2. The maximum absolute atomic E-state index is 13.4. The molecular weight excluding hydrogens is 493 g/mol. The van der Waals surface area contributed by atoms with Crippen LogP contribution < -0.4 is 5.32 Å². The zero-order valence-corrected chi connectivity index (χ0v) is 19.7. The number of nitrogens with zero attached hydrogens (tertiary/aromatic N) is 2. The number of rotatable bonds is 6. The maximum Gasteiger partial charge on any atom is 0.335 e. The molecule has 35 heavy (non-hydrogen) atoms. The fourth-order valence-corrected chi connectivity index (χ4v) is 4.54. The zero-order valence-electron chi connectivity index (χ0n) is 18.2. The average molecular weight is 512 g/mol. The van der Waals surface area contributed by atoms with E-state index in [2.05, 4.69) is 10.3 Å². The Balaban J connectivity index is 1.57. The van der Waals surface area contributed by atoms with Gasteiger partial charge in [0.2, 0.25) is 11.8 Å². The molecule has 2 N–H and O–H groups in total. The lowest BCUT2D eigenvalue weighted by atomic mass is 10.2. The molecule has 0 spiro atoms. The largest absolute Gasteiger partial charge is 0.478 e. The van der Waals surface area contributed by atoms with E-state index in [1.807, 2.05) is 0 Å². The summed E-state index contributed by atoms with van der Waals surface area (Å²) in [5.41, 5.74) is 1.77. The van der Waals surface area contributed by atoms with E-state index in [0.29, 0.717) is 21.6 Å². The Kier molecular flexibility index (Phi) is 7.48. The SMILES string of the molecule is O=C(O)c1ccc(NC(=O)[C@H]2CC(=O)N(Cc3ccc(Cl)cc3)C(=Nc3ccc(F)cc3)S2)cc1. The van der Waals surface area contributed by atoms with Crippen LogP contribution in [0.1, 0.15) is 22.3 Å². The first-order valence-electron chi connectivity index (χ1n) is 10.5. The summed E-state index contributed by atoms with van der Waals surface area (Å²) < 4.78 is 13.4. The monoisotopic (exact) mass is 511 g/mol. The lowest BCUT2D eigenvalue weighted by molar-refractivity contribution is -0.129. The summed E-state index contributed by atoms with van der Waals surface area (Å²) in [6.45, 7) is 0.230. The Morgan fingerprint density at radius 3 is 2.34 bits per heavy atom. The first kappa shape index (κ1) is 24.4. The molecule has 0 bridgehead atoms. The van der Waals surface area contributed by atoms with Crippen molar-refractivity contribution in [3.63, 3.8) is 0 Å². The van der Waals surface area contributed by atoms with E-state index >= 15 is 0 Å². The summed E-state index contributed by atoms with van der Waals surface area (Å²) in [7, 11) is 0. The number of thioether (sulfide) groups is 1. The van der Waals surface area contributed by atoms with Gasteiger partial charge in [0.1, 0.15) is 11.1 Å². The molecule has 1 aliphatic rings. The van der Waals surface area contributed by atoms with Crippen LogP contribution in [0.4, 0.5) is 15.8 Å². The lowest BCUT2D eigenvalue weighted by Crippen LogP contribution is -2.44. The van der Waals surface area contributed by atoms with Crippen molar-refractivity contribution in [2.45, 2.75) is 18.2 Å². The van der Waals surface area contributed by atoms with Gasteiger partial charge in [0.25, 0.3) is 0 Å². The highest BCUT2D eigenvalue weighted by molar-refractivity contribution is 8.15. The van der Waals surface area contributed by atoms with Gasteiger partial charge < -0.3 is 10.4 Å². The second-order valence-electron chi connectivity index (χ2n) is 7.66. The third-order valence-corrected chi connectivity index (χ3v) is 6.58. The zero-order chi connectivity index (χ0) is 24.9. The molecule has 1 saturated heterocycles. The molecule has 0 aromatic heterocycles. The van der Waals surface area contributed by atoms with Gasteiger partial charge in [0.05, 0.1) is 17.8 Å². The van der Waals surface area contributed by atoms with Gasteiger partial charge in [0, 0.05) is 17.1 Å². The van der Waals surface area contributed by atoms with Crippen molar-refractivity contribution < 1.29 is 23.9 Å². The van der Waals surface area contributed by atoms with Crippen molar-refractivity contribution in [1.82, 2.24) is 4.90 Å². The second-order valence-corrected chi connectivity index (χ2v) is 9.27. The summed E-state index contributed by atoms with van der Waals surface area (Å²) in [6.07, 6.45) is -0.0558. The predicted octanol–water partition coefficient (Wildman–Crippen LogP) is 5.34. The van der Waals surface area contributed by atoms with Crippen LogP contribution >= 0.6 is 23.4 Å². The summed E-state index contributed by atoms with van der Waals surface area (Å²) in [6, 6.07) is 18.3. The van der Waals surface area contributed by atoms with Gasteiger partial charge >= 0.3 is 5.97 Å². The van der Waals surface area contributed by atoms with Crippen LogP contribution in [0.5, 0.6) is 0 Å².